The Morgan fingerprint density at radius 2 is 1.58 bits per heavy atom. The lowest BCUT2D eigenvalue weighted by Crippen LogP contribution is -2.27. The molecule has 4 aromatic rings. The second-order valence-corrected chi connectivity index (χ2v) is 8.67. The molecule has 0 radical (unpaired) electrons. The minimum Gasteiger partial charge on any atom is -0.497 e. The van der Waals surface area contributed by atoms with E-state index in [1.54, 1.807) is 45.6 Å². The van der Waals surface area contributed by atoms with Gasteiger partial charge < -0.3 is 14.2 Å². The first-order valence-corrected chi connectivity index (χ1v) is 11.7. The molecule has 36 heavy (non-hydrogen) atoms. The van der Waals surface area contributed by atoms with Gasteiger partial charge in [0, 0.05) is 34.6 Å². The first-order chi connectivity index (χ1) is 17.5. The summed E-state index contributed by atoms with van der Waals surface area (Å²) in [5, 5.41) is 7.46. The second-order valence-electron chi connectivity index (χ2n) is 8.31. The fourth-order valence-corrected chi connectivity index (χ4v) is 4.58. The Kier molecular flexibility index (Phi) is 6.48. The van der Waals surface area contributed by atoms with E-state index in [1.165, 1.54) is 5.01 Å². The van der Waals surface area contributed by atoms with Crippen molar-refractivity contribution in [2.24, 2.45) is 5.10 Å². The van der Waals surface area contributed by atoms with E-state index in [-0.39, 0.29) is 5.91 Å². The van der Waals surface area contributed by atoms with Crippen LogP contribution in [-0.2, 0) is 0 Å². The number of rotatable bonds is 6. The molecule has 1 aliphatic heterocycles. The molecule has 182 valence electrons. The zero-order chi connectivity index (χ0) is 25.2. The molecule has 0 fully saturated rings. The van der Waals surface area contributed by atoms with Crippen LogP contribution in [0.25, 0.3) is 10.9 Å². The number of amides is 1. The van der Waals surface area contributed by atoms with Crippen LogP contribution < -0.4 is 14.2 Å². The van der Waals surface area contributed by atoms with Crippen molar-refractivity contribution in [3.8, 4) is 17.2 Å². The Hall–Kier alpha value is -4.10. The van der Waals surface area contributed by atoms with Crippen molar-refractivity contribution in [3.63, 3.8) is 0 Å². The molecule has 3 aromatic carbocycles. The molecule has 0 saturated carbocycles. The highest BCUT2D eigenvalue weighted by Gasteiger charge is 2.35. The normalized spacial score (nSPS) is 15.1. The summed E-state index contributed by atoms with van der Waals surface area (Å²) >= 11 is 6.70. The minimum absolute atomic E-state index is 0.261. The molecule has 7 nitrogen and oxygen atoms in total. The summed E-state index contributed by atoms with van der Waals surface area (Å²) < 4.78 is 16.0. The molecule has 1 amide bonds. The molecule has 1 aliphatic rings. The quantitative estimate of drug-likeness (QED) is 0.307. The maximum absolute atomic E-state index is 13.7. The summed E-state index contributed by atoms with van der Waals surface area (Å²) in [5.41, 5.74) is 3.51. The Morgan fingerprint density at radius 3 is 2.33 bits per heavy atom. The topological polar surface area (TPSA) is 73.2 Å². The number of hydrazone groups is 1. The molecule has 1 atom stereocenters. The summed E-state index contributed by atoms with van der Waals surface area (Å²) in [6, 6.07) is 21.8. The van der Waals surface area contributed by atoms with E-state index in [1.807, 2.05) is 48.5 Å². The van der Waals surface area contributed by atoms with E-state index in [0.717, 1.165) is 16.7 Å². The number of aromatic nitrogens is 1. The molecular weight excluding hydrogens is 478 g/mol. The van der Waals surface area contributed by atoms with Crippen molar-refractivity contribution in [1.82, 2.24) is 9.99 Å². The number of methoxy groups -OCH3 is 3. The van der Waals surface area contributed by atoms with Gasteiger partial charge in [-0.2, -0.15) is 5.10 Å². The first-order valence-electron chi connectivity index (χ1n) is 11.3. The molecule has 0 bridgehead atoms. The Morgan fingerprint density at radius 1 is 0.889 bits per heavy atom. The minimum atomic E-state index is -0.448. The largest absolute Gasteiger partial charge is 0.497 e. The van der Waals surface area contributed by atoms with Crippen molar-refractivity contribution >= 4 is 34.1 Å². The van der Waals surface area contributed by atoms with Crippen molar-refractivity contribution in [2.45, 2.75) is 12.5 Å². The summed E-state index contributed by atoms with van der Waals surface area (Å²) in [7, 11) is 4.79. The first kappa shape index (κ1) is 23.6. The van der Waals surface area contributed by atoms with Crippen LogP contribution >= 0.6 is 11.6 Å². The van der Waals surface area contributed by atoms with Gasteiger partial charge in [0.15, 0.2) is 0 Å². The van der Waals surface area contributed by atoms with Gasteiger partial charge in [0.2, 0.25) is 0 Å². The van der Waals surface area contributed by atoms with Gasteiger partial charge in [-0.25, -0.2) is 9.99 Å². The van der Waals surface area contributed by atoms with Gasteiger partial charge in [-0.1, -0.05) is 29.8 Å². The van der Waals surface area contributed by atoms with E-state index >= 15 is 0 Å². The SMILES string of the molecule is COc1cccc(C(=O)N2N=C(c3cccc(OC)c3)C[C@@H]2c2cc3ccc(OC)cc3nc2Cl)c1. The number of ether oxygens (including phenoxy) is 3. The average molecular weight is 502 g/mol. The molecule has 8 heteroatoms. The van der Waals surface area contributed by atoms with E-state index in [2.05, 4.69) is 4.98 Å². The van der Waals surface area contributed by atoms with Crippen LogP contribution in [0.4, 0.5) is 0 Å². The molecule has 0 N–H and O–H groups in total. The third-order valence-corrected chi connectivity index (χ3v) is 6.51. The molecule has 0 spiro atoms. The third kappa shape index (κ3) is 4.45. The third-order valence-electron chi connectivity index (χ3n) is 6.20. The van der Waals surface area contributed by atoms with Crippen molar-refractivity contribution in [3.05, 3.63) is 94.6 Å². The van der Waals surface area contributed by atoms with Gasteiger partial charge in [-0.15, -0.1) is 0 Å². The van der Waals surface area contributed by atoms with Crippen LogP contribution in [-0.4, -0.2) is 42.9 Å². The number of halogens is 1. The fourth-order valence-electron chi connectivity index (χ4n) is 4.31. The lowest BCUT2D eigenvalue weighted by Gasteiger charge is -2.23. The number of carbonyl (C=O) groups is 1. The standard InChI is InChI=1S/C28H24ClN3O4/c1-34-20-8-4-6-17(12-20)25-16-26(32(31-25)28(33)19-7-5-9-21(13-19)35-2)23-14-18-10-11-22(36-3)15-24(18)30-27(23)29/h4-15,26H,16H2,1-3H3/t26-/m1/s1. The number of pyridine rings is 1. The van der Waals surface area contributed by atoms with Crippen LogP contribution in [0.2, 0.25) is 5.15 Å². The van der Waals surface area contributed by atoms with Crippen LogP contribution in [0.3, 0.4) is 0 Å². The van der Waals surface area contributed by atoms with E-state index in [4.69, 9.17) is 30.9 Å². The Balaban J connectivity index is 1.60. The number of hydrogen-bond acceptors (Lipinski definition) is 6. The molecule has 0 unspecified atom stereocenters. The number of fused-ring (bicyclic) bond motifs is 1. The van der Waals surface area contributed by atoms with Crippen molar-refractivity contribution in [2.75, 3.05) is 21.3 Å². The molecular formula is C28H24ClN3O4. The van der Waals surface area contributed by atoms with Crippen LogP contribution in [0.1, 0.15) is 33.9 Å². The summed E-state index contributed by atoms with van der Waals surface area (Å²) in [5.74, 6) is 1.73. The van der Waals surface area contributed by atoms with Gasteiger partial charge >= 0.3 is 0 Å². The molecule has 2 heterocycles. The van der Waals surface area contributed by atoms with Crippen LogP contribution in [0.15, 0.2) is 77.9 Å². The molecule has 1 aromatic heterocycles. The summed E-state index contributed by atoms with van der Waals surface area (Å²) in [6.07, 6.45) is 0.464. The lowest BCUT2D eigenvalue weighted by molar-refractivity contribution is 0.0711. The van der Waals surface area contributed by atoms with Gasteiger partial charge in [0.05, 0.1) is 38.6 Å². The number of carbonyl (C=O) groups excluding carboxylic acids is 1. The maximum Gasteiger partial charge on any atom is 0.274 e. The monoisotopic (exact) mass is 501 g/mol. The van der Waals surface area contributed by atoms with Gasteiger partial charge in [0.25, 0.3) is 5.91 Å². The van der Waals surface area contributed by atoms with Crippen molar-refractivity contribution in [1.29, 1.82) is 0 Å². The van der Waals surface area contributed by atoms with Crippen molar-refractivity contribution < 1.29 is 19.0 Å². The van der Waals surface area contributed by atoms with Crippen LogP contribution in [0, 0.1) is 0 Å². The zero-order valence-corrected chi connectivity index (χ0v) is 20.8. The smallest absolute Gasteiger partial charge is 0.274 e. The maximum atomic E-state index is 13.7. The fraction of sp³-hybridized carbons (Fsp3) is 0.179. The summed E-state index contributed by atoms with van der Waals surface area (Å²) in [6.45, 7) is 0. The number of nitrogens with zero attached hydrogens (tertiary/aromatic N) is 3. The second kappa shape index (κ2) is 9.87. The Bertz CT molecular complexity index is 1490. The zero-order valence-electron chi connectivity index (χ0n) is 20.1. The molecule has 5 rings (SSSR count). The highest BCUT2D eigenvalue weighted by molar-refractivity contribution is 6.30. The molecule has 0 aliphatic carbocycles. The van der Waals surface area contributed by atoms with Crippen LogP contribution in [0.5, 0.6) is 17.2 Å². The number of hydrogen-bond donors (Lipinski definition) is 0. The molecule has 0 saturated heterocycles. The van der Waals surface area contributed by atoms with Gasteiger partial charge in [-0.3, -0.25) is 4.79 Å². The lowest BCUT2D eigenvalue weighted by atomic mass is 9.98. The Labute approximate surface area is 213 Å². The van der Waals surface area contributed by atoms with E-state index in [9.17, 15) is 4.79 Å². The highest BCUT2D eigenvalue weighted by atomic mass is 35.5. The predicted molar refractivity (Wildman–Crippen MR) is 139 cm³/mol. The van der Waals surface area contributed by atoms with Gasteiger partial charge in [0.1, 0.15) is 22.4 Å². The highest BCUT2D eigenvalue weighted by Crippen LogP contribution is 2.39. The average Bonchev–Trinajstić information content (AvgIpc) is 3.37. The van der Waals surface area contributed by atoms with Gasteiger partial charge in [-0.05, 0) is 48.5 Å². The van der Waals surface area contributed by atoms with E-state index < -0.39 is 6.04 Å². The number of benzene rings is 3. The summed E-state index contributed by atoms with van der Waals surface area (Å²) in [4.78, 5) is 18.3. The van der Waals surface area contributed by atoms with E-state index in [0.29, 0.717) is 45.5 Å². The predicted octanol–water partition coefficient (Wildman–Crippen LogP) is 5.91.